The van der Waals surface area contributed by atoms with Gasteiger partial charge in [-0.2, -0.15) is 0 Å². The average Bonchev–Trinajstić information content (AvgIpc) is 3.31. The topological polar surface area (TPSA) is 58.3 Å². The van der Waals surface area contributed by atoms with Crippen LogP contribution in [0.3, 0.4) is 0 Å². The molecule has 6 rings (SSSR count). The highest BCUT2D eigenvalue weighted by molar-refractivity contribution is 5.80. The quantitative estimate of drug-likeness (QED) is 0.711. The summed E-state index contributed by atoms with van der Waals surface area (Å²) in [6.45, 7) is 4.79. The Hall–Kier alpha value is -1.65. The Kier molecular flexibility index (Phi) is 4.09. The van der Waals surface area contributed by atoms with Gasteiger partial charge in [0.25, 0.3) is 0 Å². The van der Waals surface area contributed by atoms with Gasteiger partial charge in [-0.05, 0) is 86.2 Å². The van der Waals surface area contributed by atoms with Crippen molar-refractivity contribution in [2.24, 2.45) is 34.5 Å². The largest absolute Gasteiger partial charge is 0.393 e. The van der Waals surface area contributed by atoms with E-state index in [0.29, 0.717) is 23.7 Å². The van der Waals surface area contributed by atoms with E-state index < -0.39 is 0 Å². The van der Waals surface area contributed by atoms with Gasteiger partial charge >= 0.3 is 0 Å². The Morgan fingerprint density at radius 2 is 1.87 bits per heavy atom. The van der Waals surface area contributed by atoms with E-state index in [1.807, 2.05) is 12.4 Å². The second kappa shape index (κ2) is 6.43. The number of para-hydroxylation sites is 2. The van der Waals surface area contributed by atoms with Crippen molar-refractivity contribution < 1.29 is 10.2 Å². The molecule has 0 amide bonds. The number of benzene rings is 1. The molecular formula is C26H34N2O2. The van der Waals surface area contributed by atoms with Crippen LogP contribution in [0.5, 0.6) is 0 Å². The van der Waals surface area contributed by atoms with E-state index in [2.05, 4.69) is 47.7 Å². The van der Waals surface area contributed by atoms with E-state index in [9.17, 15) is 10.2 Å². The van der Waals surface area contributed by atoms with Gasteiger partial charge in [0.1, 0.15) is 6.33 Å². The molecule has 0 saturated heterocycles. The molecule has 4 aliphatic carbocycles. The number of aliphatic hydroxyl groups is 2. The number of hydrogen-bond acceptors (Lipinski definition) is 3. The highest BCUT2D eigenvalue weighted by Gasteiger charge is 2.62. The molecule has 4 nitrogen and oxygen atoms in total. The van der Waals surface area contributed by atoms with Gasteiger partial charge in [-0.3, -0.25) is 0 Å². The van der Waals surface area contributed by atoms with Crippen LogP contribution < -0.4 is 0 Å². The summed E-state index contributed by atoms with van der Waals surface area (Å²) in [5.74, 6) is 2.35. The third kappa shape index (κ3) is 2.38. The minimum absolute atomic E-state index is 0.118. The lowest BCUT2D eigenvalue weighted by atomic mass is 9.44. The molecule has 3 fully saturated rings. The van der Waals surface area contributed by atoms with Gasteiger partial charge in [0.05, 0.1) is 23.2 Å². The second-order valence-electron chi connectivity index (χ2n) is 11.0. The number of allylic oxidation sites excluding steroid dienone is 1. The second-order valence-corrected chi connectivity index (χ2v) is 11.0. The predicted molar refractivity (Wildman–Crippen MR) is 119 cm³/mol. The lowest BCUT2D eigenvalue weighted by molar-refractivity contribution is -0.151. The first-order valence-electron chi connectivity index (χ1n) is 11.9. The van der Waals surface area contributed by atoms with Gasteiger partial charge in [-0.15, -0.1) is 0 Å². The average molecular weight is 407 g/mol. The van der Waals surface area contributed by atoms with Crippen molar-refractivity contribution in [2.45, 2.75) is 71.0 Å². The molecule has 160 valence electrons. The van der Waals surface area contributed by atoms with Crippen molar-refractivity contribution in [1.82, 2.24) is 9.55 Å². The van der Waals surface area contributed by atoms with E-state index in [4.69, 9.17) is 0 Å². The standard InChI is InChI=1S/C26H34N2O2/c1-25-12-11-17(29)13-16(25)7-8-18-19-9-10-23(26(19,2)24(30)14-20(18)25)28-15-27-21-5-3-4-6-22(21)28/h3-6,10,15-20,24,29-30H,7-9,11-14H2,1-2H3/t16-,17+,18?,19?,20?,24?,25+,26+/m1/s1. The Morgan fingerprint density at radius 3 is 2.73 bits per heavy atom. The Labute approximate surface area is 179 Å². The molecule has 0 spiro atoms. The normalized spacial score (nSPS) is 45.5. The third-order valence-corrected chi connectivity index (χ3v) is 10.0. The molecule has 3 saturated carbocycles. The van der Waals surface area contributed by atoms with Gasteiger partial charge in [-0.1, -0.05) is 32.1 Å². The first kappa shape index (κ1) is 19.1. The summed E-state index contributed by atoms with van der Waals surface area (Å²) in [4.78, 5) is 4.63. The summed E-state index contributed by atoms with van der Waals surface area (Å²) in [5.41, 5.74) is 3.45. The van der Waals surface area contributed by atoms with Crippen molar-refractivity contribution in [3.8, 4) is 0 Å². The maximum atomic E-state index is 11.7. The molecular weight excluding hydrogens is 372 g/mol. The van der Waals surface area contributed by atoms with Gasteiger partial charge in [-0.25, -0.2) is 4.98 Å². The zero-order valence-electron chi connectivity index (χ0n) is 18.2. The van der Waals surface area contributed by atoms with Gasteiger partial charge in [0.15, 0.2) is 0 Å². The first-order valence-corrected chi connectivity index (χ1v) is 11.9. The van der Waals surface area contributed by atoms with E-state index in [1.54, 1.807) is 0 Å². The number of fused-ring (bicyclic) bond motifs is 6. The van der Waals surface area contributed by atoms with Crippen molar-refractivity contribution >= 4 is 16.7 Å². The van der Waals surface area contributed by atoms with Crippen LogP contribution >= 0.6 is 0 Å². The fourth-order valence-electron chi connectivity index (χ4n) is 8.27. The van der Waals surface area contributed by atoms with Gasteiger partial charge in [0, 0.05) is 11.1 Å². The number of rotatable bonds is 1. The van der Waals surface area contributed by atoms with Crippen molar-refractivity contribution in [2.75, 3.05) is 0 Å². The van der Waals surface area contributed by atoms with Crippen molar-refractivity contribution in [3.63, 3.8) is 0 Å². The Morgan fingerprint density at radius 1 is 1.03 bits per heavy atom. The molecule has 4 unspecified atom stereocenters. The van der Waals surface area contributed by atoms with E-state index in [1.165, 1.54) is 18.5 Å². The van der Waals surface area contributed by atoms with Crippen LogP contribution in [0.4, 0.5) is 0 Å². The predicted octanol–water partition coefficient (Wildman–Crippen LogP) is 4.86. The monoisotopic (exact) mass is 406 g/mol. The lowest BCUT2D eigenvalue weighted by Gasteiger charge is -2.61. The molecule has 0 aliphatic heterocycles. The fourth-order valence-corrected chi connectivity index (χ4v) is 8.27. The minimum Gasteiger partial charge on any atom is -0.393 e. The smallest absolute Gasteiger partial charge is 0.100 e. The molecule has 2 N–H and O–H groups in total. The van der Waals surface area contributed by atoms with Crippen LogP contribution in [-0.4, -0.2) is 32.0 Å². The number of imidazole rings is 1. The molecule has 2 aromatic rings. The molecule has 4 heteroatoms. The summed E-state index contributed by atoms with van der Waals surface area (Å²) < 4.78 is 2.24. The molecule has 1 aromatic carbocycles. The van der Waals surface area contributed by atoms with Crippen LogP contribution in [0.1, 0.15) is 58.8 Å². The summed E-state index contributed by atoms with van der Waals surface area (Å²) >= 11 is 0. The number of hydrogen-bond donors (Lipinski definition) is 2. The van der Waals surface area contributed by atoms with Crippen molar-refractivity contribution in [3.05, 3.63) is 36.7 Å². The molecule has 8 atom stereocenters. The molecule has 0 bridgehead atoms. The van der Waals surface area contributed by atoms with E-state index >= 15 is 0 Å². The maximum absolute atomic E-state index is 11.7. The maximum Gasteiger partial charge on any atom is 0.100 e. The van der Waals surface area contributed by atoms with E-state index in [-0.39, 0.29) is 23.0 Å². The lowest BCUT2D eigenvalue weighted by Crippen LogP contribution is -2.58. The molecule has 30 heavy (non-hydrogen) atoms. The Balaban J connectivity index is 1.37. The minimum atomic E-state index is -0.332. The van der Waals surface area contributed by atoms with E-state index in [0.717, 1.165) is 43.1 Å². The summed E-state index contributed by atoms with van der Waals surface area (Å²) in [6, 6.07) is 8.31. The number of aliphatic hydroxyl groups excluding tert-OH is 2. The summed E-state index contributed by atoms with van der Waals surface area (Å²) in [5, 5.41) is 21.9. The highest BCUT2D eigenvalue weighted by atomic mass is 16.3. The van der Waals surface area contributed by atoms with Crippen LogP contribution in [0.25, 0.3) is 16.7 Å². The van der Waals surface area contributed by atoms with Gasteiger partial charge in [0.2, 0.25) is 0 Å². The molecule has 1 aromatic heterocycles. The zero-order chi connectivity index (χ0) is 20.7. The van der Waals surface area contributed by atoms with Crippen LogP contribution in [0.2, 0.25) is 0 Å². The van der Waals surface area contributed by atoms with Crippen molar-refractivity contribution in [1.29, 1.82) is 0 Å². The third-order valence-electron chi connectivity index (χ3n) is 10.0. The van der Waals surface area contributed by atoms with Gasteiger partial charge < -0.3 is 14.8 Å². The molecule has 4 aliphatic rings. The highest BCUT2D eigenvalue weighted by Crippen LogP contribution is 2.67. The van der Waals surface area contributed by atoms with Crippen LogP contribution in [-0.2, 0) is 0 Å². The fraction of sp³-hybridized carbons (Fsp3) is 0.654. The zero-order valence-corrected chi connectivity index (χ0v) is 18.2. The first-order chi connectivity index (χ1) is 14.4. The molecule has 0 radical (unpaired) electrons. The SMILES string of the molecule is C[C@@]12C(n3cnc4ccccc43)=CCC1C1CC[C@@H]3C[C@@H](O)CC[C@]3(C)C1CC2O. The number of nitrogens with zero attached hydrogens (tertiary/aromatic N) is 2. The summed E-state index contributed by atoms with van der Waals surface area (Å²) in [7, 11) is 0. The van der Waals surface area contributed by atoms with Crippen LogP contribution in [0.15, 0.2) is 36.7 Å². The van der Waals surface area contributed by atoms with Crippen LogP contribution in [0, 0.1) is 34.5 Å². The Bertz CT molecular complexity index is 1010. The molecule has 1 heterocycles. The summed E-state index contributed by atoms with van der Waals surface area (Å²) in [6.07, 6.45) is 11.3. The number of aromatic nitrogens is 2.